The quantitative estimate of drug-likeness (QED) is 0.720. The zero-order valence-corrected chi connectivity index (χ0v) is 10.5. The van der Waals surface area contributed by atoms with E-state index in [0.29, 0.717) is 10.5 Å². The minimum atomic E-state index is -0.751. The van der Waals surface area contributed by atoms with Gasteiger partial charge in [0.1, 0.15) is 6.10 Å². The molecule has 1 aromatic heterocycles. The highest BCUT2D eigenvalue weighted by atomic mass is 32.1. The van der Waals surface area contributed by atoms with Crippen LogP contribution in [0.2, 0.25) is 0 Å². The van der Waals surface area contributed by atoms with Crippen LogP contribution in [-0.2, 0) is 0 Å². The maximum absolute atomic E-state index is 12.2. The van der Waals surface area contributed by atoms with E-state index >= 15 is 0 Å². The summed E-state index contributed by atoms with van der Waals surface area (Å²) in [6.45, 7) is 3.74. The summed E-state index contributed by atoms with van der Waals surface area (Å²) in [6.07, 6.45) is -0.751. The molecule has 3 rings (SSSR count). The first-order valence-corrected chi connectivity index (χ1v) is 6.34. The Hall–Kier alpha value is -1.45. The number of fused-ring (bicyclic) bond motifs is 3. The molecule has 1 heterocycles. The third-order valence-electron chi connectivity index (χ3n) is 3.17. The summed E-state index contributed by atoms with van der Waals surface area (Å²) in [6, 6.07) is 7.84. The van der Waals surface area contributed by atoms with Gasteiger partial charge in [-0.25, -0.2) is 0 Å². The average molecular weight is 244 g/mol. The number of carbonyl (C=O) groups is 1. The van der Waals surface area contributed by atoms with Crippen molar-refractivity contribution in [1.29, 1.82) is 0 Å². The summed E-state index contributed by atoms with van der Waals surface area (Å²) < 4.78 is 1.07. The molecule has 86 valence electrons. The SMILES string of the molecule is CC(C)=C1C(=O)c2sc3ccccc3c2[C@H]1O. The Labute approximate surface area is 103 Å². The second kappa shape index (κ2) is 3.52. The molecular weight excluding hydrogens is 232 g/mol. The van der Waals surface area contributed by atoms with Crippen molar-refractivity contribution in [2.75, 3.05) is 0 Å². The molecule has 0 fully saturated rings. The monoisotopic (exact) mass is 244 g/mol. The first-order chi connectivity index (χ1) is 8.11. The van der Waals surface area contributed by atoms with Crippen LogP contribution >= 0.6 is 11.3 Å². The summed E-state index contributed by atoms with van der Waals surface area (Å²) in [5.41, 5.74) is 2.25. The fourth-order valence-corrected chi connectivity index (χ4v) is 3.59. The number of benzene rings is 1. The second-order valence-corrected chi connectivity index (χ2v) is 5.54. The number of aliphatic hydroxyl groups is 1. The van der Waals surface area contributed by atoms with Crippen LogP contribution in [0.15, 0.2) is 35.4 Å². The van der Waals surface area contributed by atoms with Crippen molar-refractivity contribution in [3.8, 4) is 0 Å². The van der Waals surface area contributed by atoms with Crippen LogP contribution in [0.5, 0.6) is 0 Å². The fraction of sp³-hybridized carbons (Fsp3) is 0.214. The molecule has 1 N–H and O–H groups in total. The lowest BCUT2D eigenvalue weighted by atomic mass is 10.0. The summed E-state index contributed by atoms with van der Waals surface area (Å²) in [5, 5.41) is 11.3. The molecule has 0 saturated heterocycles. The van der Waals surface area contributed by atoms with Crippen molar-refractivity contribution >= 4 is 27.2 Å². The largest absolute Gasteiger partial charge is 0.383 e. The van der Waals surface area contributed by atoms with Gasteiger partial charge in [0, 0.05) is 15.8 Å². The van der Waals surface area contributed by atoms with Gasteiger partial charge in [-0.1, -0.05) is 23.8 Å². The summed E-state index contributed by atoms with van der Waals surface area (Å²) in [7, 11) is 0. The number of Topliss-reactive ketones (excluding diaryl/α,β-unsaturated/α-hetero) is 1. The molecule has 0 saturated carbocycles. The van der Waals surface area contributed by atoms with E-state index in [1.165, 1.54) is 11.3 Å². The molecule has 0 unspecified atom stereocenters. The van der Waals surface area contributed by atoms with Gasteiger partial charge in [-0.05, 0) is 25.3 Å². The molecule has 0 aliphatic heterocycles. The van der Waals surface area contributed by atoms with E-state index in [0.717, 1.165) is 21.2 Å². The number of ketones is 1. The molecule has 1 aliphatic carbocycles. The molecule has 1 aliphatic rings. The molecule has 2 nitrogen and oxygen atoms in total. The molecule has 1 atom stereocenters. The van der Waals surface area contributed by atoms with E-state index in [1.807, 2.05) is 38.1 Å². The molecule has 0 spiro atoms. The zero-order valence-electron chi connectivity index (χ0n) is 9.65. The van der Waals surface area contributed by atoms with Crippen LogP contribution < -0.4 is 0 Å². The summed E-state index contributed by atoms with van der Waals surface area (Å²) in [5.74, 6) is -0.00583. The van der Waals surface area contributed by atoms with Crippen LogP contribution in [0, 0.1) is 0 Å². The standard InChI is InChI=1S/C14H12O2S/c1-7(2)10-12(15)11-8-5-3-4-6-9(8)17-14(11)13(10)16/h3-6,12,15H,1-2H3/t12-/m0/s1. The van der Waals surface area contributed by atoms with Crippen molar-refractivity contribution in [1.82, 2.24) is 0 Å². The van der Waals surface area contributed by atoms with Gasteiger partial charge < -0.3 is 5.11 Å². The highest BCUT2D eigenvalue weighted by molar-refractivity contribution is 7.21. The minimum Gasteiger partial charge on any atom is -0.383 e. The van der Waals surface area contributed by atoms with E-state index in [1.54, 1.807) is 0 Å². The van der Waals surface area contributed by atoms with Crippen LogP contribution in [0.1, 0.15) is 35.2 Å². The lowest BCUT2D eigenvalue weighted by molar-refractivity contribution is 0.102. The van der Waals surface area contributed by atoms with Crippen LogP contribution in [0.3, 0.4) is 0 Å². The van der Waals surface area contributed by atoms with E-state index in [4.69, 9.17) is 0 Å². The predicted octanol–water partition coefficient (Wildman–Crippen LogP) is 3.47. The first-order valence-electron chi connectivity index (χ1n) is 5.53. The third-order valence-corrected chi connectivity index (χ3v) is 4.36. The summed E-state index contributed by atoms with van der Waals surface area (Å²) >= 11 is 1.48. The summed E-state index contributed by atoms with van der Waals surface area (Å²) in [4.78, 5) is 12.9. The van der Waals surface area contributed by atoms with Crippen LogP contribution in [0.4, 0.5) is 0 Å². The van der Waals surface area contributed by atoms with E-state index < -0.39 is 6.10 Å². The number of rotatable bonds is 0. The van der Waals surface area contributed by atoms with Gasteiger partial charge in [-0.2, -0.15) is 0 Å². The highest BCUT2D eigenvalue weighted by Crippen LogP contribution is 2.45. The Bertz CT molecular complexity index is 660. The fourth-order valence-electron chi connectivity index (χ4n) is 2.40. The van der Waals surface area contributed by atoms with E-state index in [2.05, 4.69) is 0 Å². The molecular formula is C14H12O2S. The highest BCUT2D eigenvalue weighted by Gasteiger charge is 2.37. The number of hydrogen-bond acceptors (Lipinski definition) is 3. The molecule has 3 heteroatoms. The molecule has 0 bridgehead atoms. The van der Waals surface area contributed by atoms with E-state index in [-0.39, 0.29) is 5.78 Å². The molecule has 2 aromatic rings. The number of hydrogen-bond donors (Lipinski definition) is 1. The maximum atomic E-state index is 12.2. The lowest BCUT2D eigenvalue weighted by Crippen LogP contribution is -2.01. The maximum Gasteiger partial charge on any atom is 0.202 e. The van der Waals surface area contributed by atoms with Gasteiger partial charge in [0.05, 0.1) is 4.88 Å². The number of aliphatic hydroxyl groups excluding tert-OH is 1. The minimum absolute atomic E-state index is 0.00583. The lowest BCUT2D eigenvalue weighted by Gasteiger charge is -2.07. The van der Waals surface area contributed by atoms with Gasteiger partial charge in [-0.15, -0.1) is 11.3 Å². The normalized spacial score (nSPS) is 18.9. The Morgan fingerprint density at radius 2 is 2.00 bits per heavy atom. The topological polar surface area (TPSA) is 37.3 Å². The van der Waals surface area contributed by atoms with Crippen molar-refractivity contribution in [3.63, 3.8) is 0 Å². The number of thiophene rings is 1. The molecule has 17 heavy (non-hydrogen) atoms. The first kappa shape index (κ1) is 10.7. The van der Waals surface area contributed by atoms with Gasteiger partial charge in [0.15, 0.2) is 0 Å². The van der Waals surface area contributed by atoms with E-state index in [9.17, 15) is 9.90 Å². The molecule has 1 aromatic carbocycles. The van der Waals surface area contributed by atoms with Crippen LogP contribution in [0.25, 0.3) is 10.1 Å². The average Bonchev–Trinajstić information content (AvgIpc) is 2.76. The van der Waals surface area contributed by atoms with Gasteiger partial charge in [0.2, 0.25) is 5.78 Å². The number of allylic oxidation sites excluding steroid dienone is 1. The predicted molar refractivity (Wildman–Crippen MR) is 69.5 cm³/mol. The van der Waals surface area contributed by atoms with Crippen molar-refractivity contribution in [2.45, 2.75) is 20.0 Å². The second-order valence-electron chi connectivity index (χ2n) is 4.49. The van der Waals surface area contributed by atoms with Crippen LogP contribution in [-0.4, -0.2) is 10.9 Å². The van der Waals surface area contributed by atoms with Gasteiger partial charge >= 0.3 is 0 Å². The van der Waals surface area contributed by atoms with Gasteiger partial charge in [-0.3, -0.25) is 4.79 Å². The van der Waals surface area contributed by atoms with Crippen molar-refractivity contribution < 1.29 is 9.90 Å². The number of carbonyl (C=O) groups excluding carboxylic acids is 1. The zero-order chi connectivity index (χ0) is 12.2. The Morgan fingerprint density at radius 1 is 1.29 bits per heavy atom. The molecule has 0 amide bonds. The Morgan fingerprint density at radius 3 is 2.71 bits per heavy atom. The van der Waals surface area contributed by atoms with Gasteiger partial charge in [0.25, 0.3) is 0 Å². The Balaban J connectivity index is 2.36. The van der Waals surface area contributed by atoms with Crippen molar-refractivity contribution in [2.24, 2.45) is 0 Å². The third kappa shape index (κ3) is 1.33. The Kier molecular flexibility index (Phi) is 2.21. The molecule has 0 radical (unpaired) electrons. The van der Waals surface area contributed by atoms with Crippen molar-refractivity contribution in [3.05, 3.63) is 45.9 Å². The smallest absolute Gasteiger partial charge is 0.202 e.